The van der Waals surface area contributed by atoms with Gasteiger partial charge >= 0.3 is 0 Å². The lowest BCUT2D eigenvalue weighted by Crippen LogP contribution is -2.57. The molecule has 2 aromatic rings. The van der Waals surface area contributed by atoms with Crippen LogP contribution < -0.4 is 0 Å². The second kappa shape index (κ2) is 10.3. The lowest BCUT2D eigenvalue weighted by atomic mass is 10.1. The van der Waals surface area contributed by atoms with Crippen molar-refractivity contribution < 1.29 is 17.6 Å². The third-order valence-corrected chi connectivity index (χ3v) is 8.44. The van der Waals surface area contributed by atoms with Gasteiger partial charge in [0.2, 0.25) is 15.9 Å². The third-order valence-electron chi connectivity index (χ3n) is 6.55. The number of carbonyl (C=O) groups excluding carboxylic acids is 1. The number of nitrogens with zero attached hydrogens (tertiary/aromatic N) is 4. The van der Waals surface area contributed by atoms with Crippen LogP contribution in [0.4, 0.5) is 4.39 Å². The molecule has 0 saturated carbocycles. The van der Waals surface area contributed by atoms with Crippen LogP contribution in [0.1, 0.15) is 12.5 Å². The molecule has 4 rings (SSSR count). The topological polar surface area (TPSA) is 64.2 Å². The van der Waals surface area contributed by atoms with Gasteiger partial charge in [-0.3, -0.25) is 14.6 Å². The second-order valence-corrected chi connectivity index (χ2v) is 10.6. The smallest absolute Gasteiger partial charge is 0.243 e. The fraction of sp³-hybridized carbons (Fsp3) is 0.458. The van der Waals surface area contributed by atoms with Crippen molar-refractivity contribution in [1.82, 2.24) is 19.0 Å². The van der Waals surface area contributed by atoms with Gasteiger partial charge in [0.25, 0.3) is 0 Å². The number of benzene rings is 2. The molecule has 0 bridgehead atoms. The average Bonchev–Trinajstić information content (AvgIpc) is 2.84. The summed E-state index contributed by atoms with van der Waals surface area (Å²) in [7, 11) is -3.74. The van der Waals surface area contributed by atoms with E-state index < -0.39 is 15.8 Å². The lowest BCUT2D eigenvalue weighted by molar-refractivity contribution is -0.138. The van der Waals surface area contributed by atoms with Gasteiger partial charge < -0.3 is 4.90 Å². The molecule has 1 atom stereocenters. The van der Waals surface area contributed by atoms with Crippen molar-refractivity contribution in [3.63, 3.8) is 0 Å². The van der Waals surface area contributed by atoms with E-state index >= 15 is 0 Å². The Hall–Kier alpha value is -2.33. The van der Waals surface area contributed by atoms with Crippen molar-refractivity contribution in [2.45, 2.75) is 24.4 Å². The summed E-state index contributed by atoms with van der Waals surface area (Å²) in [4.78, 5) is 19.4. The molecule has 178 valence electrons. The highest BCUT2D eigenvalue weighted by atomic mass is 32.2. The summed E-state index contributed by atoms with van der Waals surface area (Å²) in [6.45, 7) is 7.36. The standard InChI is InChI=1S/C24H31FN4O3S/c1-20(24(30)28-12-10-26(11-13-28)19-21-6-3-2-4-7-21)27-14-16-29(17-15-27)33(31,32)23-9-5-8-22(25)18-23/h2-9,18,20H,10-17,19H2,1H3/t20-/m1/s1. The summed E-state index contributed by atoms with van der Waals surface area (Å²) < 4.78 is 40.5. The molecule has 0 aromatic heterocycles. The van der Waals surface area contributed by atoms with Gasteiger partial charge in [0.1, 0.15) is 5.82 Å². The Labute approximate surface area is 195 Å². The third kappa shape index (κ3) is 5.60. The van der Waals surface area contributed by atoms with Crippen LogP contribution in [-0.4, -0.2) is 91.7 Å². The highest BCUT2D eigenvalue weighted by Crippen LogP contribution is 2.20. The van der Waals surface area contributed by atoms with Gasteiger partial charge in [-0.15, -0.1) is 0 Å². The SMILES string of the molecule is C[C@H](C(=O)N1CCN(Cc2ccccc2)CC1)N1CCN(S(=O)(=O)c2cccc(F)c2)CC1. The number of rotatable bonds is 6. The van der Waals surface area contributed by atoms with Gasteiger partial charge in [-0.05, 0) is 30.7 Å². The Kier molecular flexibility index (Phi) is 7.43. The maximum absolute atomic E-state index is 13.5. The first-order valence-electron chi connectivity index (χ1n) is 11.4. The molecular formula is C24H31FN4O3S. The molecule has 0 radical (unpaired) electrons. The fourth-order valence-electron chi connectivity index (χ4n) is 4.50. The van der Waals surface area contributed by atoms with Crippen LogP contribution in [0.15, 0.2) is 59.5 Å². The first kappa shape index (κ1) is 23.8. The minimum Gasteiger partial charge on any atom is -0.339 e. The first-order valence-corrected chi connectivity index (χ1v) is 12.8. The van der Waals surface area contributed by atoms with E-state index in [2.05, 4.69) is 17.0 Å². The number of piperazine rings is 2. The number of sulfonamides is 1. The number of carbonyl (C=O) groups is 1. The van der Waals surface area contributed by atoms with Crippen LogP contribution in [0.5, 0.6) is 0 Å². The molecule has 2 fully saturated rings. The van der Waals surface area contributed by atoms with E-state index in [1.165, 1.54) is 28.1 Å². The summed E-state index contributed by atoms with van der Waals surface area (Å²) in [5.74, 6) is -0.478. The highest BCUT2D eigenvalue weighted by molar-refractivity contribution is 7.89. The summed E-state index contributed by atoms with van der Waals surface area (Å²) in [6.07, 6.45) is 0. The first-order chi connectivity index (χ1) is 15.8. The van der Waals surface area contributed by atoms with Gasteiger partial charge in [-0.25, -0.2) is 12.8 Å². The summed E-state index contributed by atoms with van der Waals surface area (Å²) >= 11 is 0. The molecule has 0 unspecified atom stereocenters. The Bertz CT molecular complexity index is 1050. The normalized spacial score (nSPS) is 20.0. The van der Waals surface area contributed by atoms with E-state index in [0.29, 0.717) is 26.2 Å². The number of hydrogen-bond acceptors (Lipinski definition) is 5. The zero-order valence-electron chi connectivity index (χ0n) is 18.9. The lowest BCUT2D eigenvalue weighted by Gasteiger charge is -2.40. The van der Waals surface area contributed by atoms with E-state index in [1.54, 1.807) is 0 Å². The van der Waals surface area contributed by atoms with Gasteiger partial charge in [-0.2, -0.15) is 4.31 Å². The predicted octanol–water partition coefficient (Wildman–Crippen LogP) is 1.86. The number of halogens is 1. The minimum absolute atomic E-state index is 0.0338. The number of hydrogen-bond donors (Lipinski definition) is 0. The molecule has 2 saturated heterocycles. The van der Waals surface area contributed by atoms with Crippen molar-refractivity contribution in [2.24, 2.45) is 0 Å². The van der Waals surface area contributed by atoms with Crippen molar-refractivity contribution >= 4 is 15.9 Å². The number of amides is 1. The molecule has 2 heterocycles. The molecule has 33 heavy (non-hydrogen) atoms. The Balaban J connectivity index is 1.27. The second-order valence-electron chi connectivity index (χ2n) is 8.66. The zero-order chi connectivity index (χ0) is 23.4. The van der Waals surface area contributed by atoms with Crippen LogP contribution >= 0.6 is 0 Å². The fourth-order valence-corrected chi connectivity index (χ4v) is 5.95. The van der Waals surface area contributed by atoms with Crippen LogP contribution in [0.25, 0.3) is 0 Å². The molecule has 7 nitrogen and oxygen atoms in total. The van der Waals surface area contributed by atoms with Crippen LogP contribution in [0.3, 0.4) is 0 Å². The van der Waals surface area contributed by atoms with Gasteiger partial charge in [-0.1, -0.05) is 36.4 Å². The molecular weight excluding hydrogens is 443 g/mol. The summed E-state index contributed by atoms with van der Waals surface area (Å²) in [6, 6.07) is 15.1. The van der Waals surface area contributed by atoms with Crippen molar-refractivity contribution in [3.05, 3.63) is 66.0 Å². The Morgan fingerprint density at radius 1 is 0.909 bits per heavy atom. The van der Waals surface area contributed by atoms with E-state index in [1.807, 2.05) is 34.9 Å². The molecule has 2 aliphatic rings. The molecule has 1 amide bonds. The average molecular weight is 475 g/mol. The molecule has 2 aromatic carbocycles. The van der Waals surface area contributed by atoms with E-state index in [9.17, 15) is 17.6 Å². The predicted molar refractivity (Wildman–Crippen MR) is 124 cm³/mol. The van der Waals surface area contributed by atoms with Crippen molar-refractivity contribution in [2.75, 3.05) is 52.4 Å². The summed E-state index contributed by atoms with van der Waals surface area (Å²) in [5, 5.41) is 0. The monoisotopic (exact) mass is 474 g/mol. The minimum atomic E-state index is -3.74. The van der Waals surface area contributed by atoms with Crippen LogP contribution in [-0.2, 0) is 21.4 Å². The molecule has 0 spiro atoms. The van der Waals surface area contributed by atoms with Crippen molar-refractivity contribution in [1.29, 1.82) is 0 Å². The van der Waals surface area contributed by atoms with E-state index in [-0.39, 0.29) is 29.9 Å². The van der Waals surface area contributed by atoms with Gasteiger partial charge in [0, 0.05) is 58.9 Å². The van der Waals surface area contributed by atoms with Crippen LogP contribution in [0.2, 0.25) is 0 Å². The molecule has 0 N–H and O–H groups in total. The largest absolute Gasteiger partial charge is 0.339 e. The van der Waals surface area contributed by atoms with Crippen molar-refractivity contribution in [3.8, 4) is 0 Å². The quantitative estimate of drug-likeness (QED) is 0.640. The van der Waals surface area contributed by atoms with E-state index in [0.717, 1.165) is 25.7 Å². The maximum atomic E-state index is 13.5. The van der Waals surface area contributed by atoms with Gasteiger partial charge in [0.15, 0.2) is 0 Å². The maximum Gasteiger partial charge on any atom is 0.243 e. The molecule has 0 aliphatic carbocycles. The van der Waals surface area contributed by atoms with E-state index in [4.69, 9.17) is 0 Å². The molecule has 9 heteroatoms. The Morgan fingerprint density at radius 2 is 1.58 bits per heavy atom. The Morgan fingerprint density at radius 3 is 2.21 bits per heavy atom. The van der Waals surface area contributed by atoms with Gasteiger partial charge in [0.05, 0.1) is 10.9 Å². The highest BCUT2D eigenvalue weighted by Gasteiger charge is 2.34. The molecule has 2 aliphatic heterocycles. The summed E-state index contributed by atoms with van der Waals surface area (Å²) in [5.41, 5.74) is 1.27. The van der Waals surface area contributed by atoms with Crippen LogP contribution in [0, 0.1) is 5.82 Å². The zero-order valence-corrected chi connectivity index (χ0v) is 19.8.